The van der Waals surface area contributed by atoms with Crippen LogP contribution in [0.25, 0.3) is 0 Å². The van der Waals surface area contributed by atoms with Crippen molar-refractivity contribution in [1.82, 2.24) is 10.2 Å². The minimum absolute atomic E-state index is 0.574. The summed E-state index contributed by atoms with van der Waals surface area (Å²) in [6, 6.07) is 2.12. The third-order valence-electron chi connectivity index (χ3n) is 3.75. The van der Waals surface area contributed by atoms with E-state index in [-0.39, 0.29) is 0 Å². The van der Waals surface area contributed by atoms with Crippen molar-refractivity contribution in [3.63, 3.8) is 0 Å². The van der Waals surface area contributed by atoms with Crippen LogP contribution in [0.15, 0.2) is 6.07 Å². The summed E-state index contributed by atoms with van der Waals surface area (Å²) in [4.78, 5) is 2.46. The van der Waals surface area contributed by atoms with Crippen molar-refractivity contribution in [1.29, 1.82) is 0 Å². The van der Waals surface area contributed by atoms with E-state index in [2.05, 4.69) is 16.3 Å². The lowest BCUT2D eigenvalue weighted by molar-refractivity contribution is 0.243. The molecule has 5 heteroatoms. The number of hydrogen-bond donors (Lipinski definition) is 1. The Labute approximate surface area is 126 Å². The number of piperazine rings is 1. The van der Waals surface area contributed by atoms with Gasteiger partial charge in [0, 0.05) is 32.7 Å². The SMILES string of the molecule is COc1c(C)cc(CCN2CCNCC2)c(OC)c1Cl. The number of rotatable bonds is 5. The maximum absolute atomic E-state index is 6.37. The molecule has 0 unspecified atom stereocenters. The predicted octanol–water partition coefficient (Wildman–Crippen LogP) is 2.11. The van der Waals surface area contributed by atoms with E-state index in [4.69, 9.17) is 21.1 Å². The Morgan fingerprint density at radius 1 is 1.20 bits per heavy atom. The van der Waals surface area contributed by atoms with Gasteiger partial charge in [0.05, 0.1) is 14.2 Å². The standard InChI is InChI=1S/C15H23ClN2O2/c1-11-10-12(4-7-18-8-5-17-6-9-18)15(20-3)13(16)14(11)19-2/h10,17H,4-9H2,1-3H3. The fourth-order valence-corrected chi connectivity index (χ4v) is 3.10. The zero-order valence-electron chi connectivity index (χ0n) is 12.5. The summed E-state index contributed by atoms with van der Waals surface area (Å²) in [7, 11) is 3.29. The molecule has 0 saturated carbocycles. The highest BCUT2D eigenvalue weighted by molar-refractivity contribution is 6.33. The zero-order chi connectivity index (χ0) is 14.5. The molecule has 1 aliphatic heterocycles. The number of hydrogen-bond acceptors (Lipinski definition) is 4. The predicted molar refractivity (Wildman–Crippen MR) is 82.3 cm³/mol. The minimum atomic E-state index is 0.574. The van der Waals surface area contributed by atoms with Crippen LogP contribution in [0.3, 0.4) is 0 Å². The molecular formula is C15H23ClN2O2. The summed E-state index contributed by atoms with van der Waals surface area (Å²) < 4.78 is 10.8. The number of halogens is 1. The highest BCUT2D eigenvalue weighted by atomic mass is 35.5. The molecule has 1 heterocycles. The van der Waals surface area contributed by atoms with Crippen LogP contribution in [0.1, 0.15) is 11.1 Å². The number of methoxy groups -OCH3 is 2. The first kappa shape index (κ1) is 15.4. The van der Waals surface area contributed by atoms with Gasteiger partial charge in [0.2, 0.25) is 0 Å². The number of benzene rings is 1. The second-order valence-electron chi connectivity index (χ2n) is 5.07. The molecule has 1 fully saturated rings. The average molecular weight is 299 g/mol. The Hall–Kier alpha value is -0.970. The van der Waals surface area contributed by atoms with E-state index in [0.29, 0.717) is 10.8 Å². The highest BCUT2D eigenvalue weighted by Gasteiger charge is 2.17. The molecule has 1 aromatic carbocycles. The molecule has 0 amide bonds. The first-order valence-corrected chi connectivity index (χ1v) is 7.38. The second-order valence-corrected chi connectivity index (χ2v) is 5.45. The van der Waals surface area contributed by atoms with E-state index < -0.39 is 0 Å². The van der Waals surface area contributed by atoms with E-state index in [9.17, 15) is 0 Å². The zero-order valence-corrected chi connectivity index (χ0v) is 13.2. The van der Waals surface area contributed by atoms with Crippen molar-refractivity contribution in [3.05, 3.63) is 22.2 Å². The lowest BCUT2D eigenvalue weighted by Crippen LogP contribution is -2.44. The summed E-state index contributed by atoms with van der Waals surface area (Å²) >= 11 is 6.37. The van der Waals surface area contributed by atoms with E-state index in [1.165, 1.54) is 0 Å². The average Bonchev–Trinajstić information content (AvgIpc) is 2.46. The maximum Gasteiger partial charge on any atom is 0.144 e. The largest absolute Gasteiger partial charge is 0.495 e. The maximum atomic E-state index is 6.37. The first-order valence-electron chi connectivity index (χ1n) is 7.00. The van der Waals surface area contributed by atoms with E-state index >= 15 is 0 Å². The van der Waals surface area contributed by atoms with Gasteiger partial charge in [-0.1, -0.05) is 11.6 Å². The summed E-state index contributed by atoms with van der Waals surface area (Å²) in [5.41, 5.74) is 2.20. The van der Waals surface area contributed by atoms with Crippen molar-refractivity contribution in [2.75, 3.05) is 46.9 Å². The van der Waals surface area contributed by atoms with Gasteiger partial charge in [0.25, 0.3) is 0 Å². The number of nitrogens with one attached hydrogen (secondary N) is 1. The van der Waals surface area contributed by atoms with Crippen LogP contribution >= 0.6 is 11.6 Å². The molecule has 112 valence electrons. The molecule has 0 aliphatic carbocycles. The minimum Gasteiger partial charge on any atom is -0.495 e. The molecule has 1 saturated heterocycles. The third kappa shape index (κ3) is 3.37. The van der Waals surface area contributed by atoms with Crippen molar-refractivity contribution < 1.29 is 9.47 Å². The van der Waals surface area contributed by atoms with Crippen LogP contribution < -0.4 is 14.8 Å². The Balaban J connectivity index is 2.14. The van der Waals surface area contributed by atoms with Gasteiger partial charge in [-0.15, -0.1) is 0 Å². The number of aryl methyl sites for hydroxylation is 1. The van der Waals surface area contributed by atoms with Gasteiger partial charge in [0.15, 0.2) is 0 Å². The van der Waals surface area contributed by atoms with Crippen LogP contribution in [0.5, 0.6) is 11.5 Å². The van der Waals surface area contributed by atoms with Crippen molar-refractivity contribution in [2.45, 2.75) is 13.3 Å². The summed E-state index contributed by atoms with van der Waals surface area (Å²) in [5, 5.41) is 3.94. The molecule has 0 atom stereocenters. The number of ether oxygens (including phenoxy) is 2. The Morgan fingerprint density at radius 2 is 1.85 bits per heavy atom. The Kier molecular flexibility index (Phi) is 5.52. The fourth-order valence-electron chi connectivity index (χ4n) is 2.68. The molecule has 1 aliphatic rings. The molecule has 1 N–H and O–H groups in total. The Bertz CT molecular complexity index is 460. The number of nitrogens with zero attached hydrogens (tertiary/aromatic N) is 1. The van der Waals surface area contributed by atoms with Crippen molar-refractivity contribution in [2.24, 2.45) is 0 Å². The molecule has 4 nitrogen and oxygen atoms in total. The molecule has 0 radical (unpaired) electrons. The van der Waals surface area contributed by atoms with Crippen LogP contribution in [0, 0.1) is 6.92 Å². The molecule has 0 bridgehead atoms. The van der Waals surface area contributed by atoms with Crippen LogP contribution in [0.2, 0.25) is 5.02 Å². The first-order chi connectivity index (χ1) is 9.67. The summed E-state index contributed by atoms with van der Waals surface area (Å²) in [6.07, 6.45) is 0.938. The van der Waals surface area contributed by atoms with Crippen molar-refractivity contribution >= 4 is 11.6 Å². The fraction of sp³-hybridized carbons (Fsp3) is 0.600. The smallest absolute Gasteiger partial charge is 0.144 e. The lowest BCUT2D eigenvalue weighted by atomic mass is 10.1. The second kappa shape index (κ2) is 7.16. The van der Waals surface area contributed by atoms with Gasteiger partial charge in [-0.05, 0) is 30.5 Å². The van der Waals surface area contributed by atoms with E-state index in [0.717, 1.165) is 56.0 Å². The van der Waals surface area contributed by atoms with Crippen LogP contribution in [0.4, 0.5) is 0 Å². The molecule has 0 aromatic heterocycles. The molecule has 20 heavy (non-hydrogen) atoms. The molecule has 0 spiro atoms. The van der Waals surface area contributed by atoms with Gasteiger partial charge in [-0.3, -0.25) is 0 Å². The van der Waals surface area contributed by atoms with Gasteiger partial charge in [-0.25, -0.2) is 0 Å². The highest BCUT2D eigenvalue weighted by Crippen LogP contribution is 2.39. The summed E-state index contributed by atoms with van der Waals surface area (Å²) in [5.74, 6) is 1.44. The normalized spacial score (nSPS) is 16.2. The quantitative estimate of drug-likeness (QED) is 0.903. The lowest BCUT2D eigenvalue weighted by Gasteiger charge is -2.27. The van der Waals surface area contributed by atoms with Crippen molar-refractivity contribution in [3.8, 4) is 11.5 Å². The molecule has 1 aromatic rings. The van der Waals surface area contributed by atoms with Gasteiger partial charge < -0.3 is 19.7 Å². The van der Waals surface area contributed by atoms with Gasteiger partial charge in [0.1, 0.15) is 16.5 Å². The third-order valence-corrected chi connectivity index (χ3v) is 4.10. The topological polar surface area (TPSA) is 33.7 Å². The van der Waals surface area contributed by atoms with Gasteiger partial charge in [-0.2, -0.15) is 0 Å². The monoisotopic (exact) mass is 298 g/mol. The van der Waals surface area contributed by atoms with Gasteiger partial charge >= 0.3 is 0 Å². The summed E-state index contributed by atoms with van der Waals surface area (Å²) in [6.45, 7) is 7.38. The van der Waals surface area contributed by atoms with Crippen LogP contribution in [-0.4, -0.2) is 51.8 Å². The van der Waals surface area contributed by atoms with E-state index in [1.54, 1.807) is 14.2 Å². The van der Waals surface area contributed by atoms with Crippen LogP contribution in [-0.2, 0) is 6.42 Å². The molecule has 2 rings (SSSR count). The molecular weight excluding hydrogens is 276 g/mol. The van der Waals surface area contributed by atoms with E-state index in [1.807, 2.05) is 6.92 Å². The Morgan fingerprint density at radius 3 is 2.45 bits per heavy atom.